The van der Waals surface area contributed by atoms with E-state index in [2.05, 4.69) is 0 Å². The van der Waals surface area contributed by atoms with Gasteiger partial charge in [0.1, 0.15) is 12.9 Å². The highest BCUT2D eigenvalue weighted by Gasteiger charge is 2.29. The Kier molecular flexibility index (Phi) is 3.75. The van der Waals surface area contributed by atoms with Gasteiger partial charge in [-0.05, 0) is 18.4 Å². The first-order chi connectivity index (χ1) is 8.31. The molecule has 1 saturated heterocycles. The molecule has 0 aliphatic carbocycles. The summed E-state index contributed by atoms with van der Waals surface area (Å²) in [5.41, 5.74) is 0.947. The Balaban J connectivity index is 1.87. The van der Waals surface area contributed by atoms with E-state index in [0.29, 0.717) is 6.54 Å². The van der Waals surface area contributed by atoms with Crippen LogP contribution in [0.15, 0.2) is 30.3 Å². The molecule has 1 amide bonds. The molecule has 0 aromatic heterocycles. The monoisotopic (exact) mass is 233 g/mol. The molecule has 1 aromatic rings. The number of ether oxygens (including phenoxy) is 1. The van der Waals surface area contributed by atoms with Crippen LogP contribution >= 0.6 is 0 Å². The van der Waals surface area contributed by atoms with E-state index in [1.165, 1.54) is 4.90 Å². The van der Waals surface area contributed by atoms with E-state index in [-0.39, 0.29) is 12.6 Å². The van der Waals surface area contributed by atoms with E-state index in [1.807, 2.05) is 30.3 Å². The number of likely N-dealkylation sites (tertiary alicyclic amines) is 1. The van der Waals surface area contributed by atoms with E-state index in [9.17, 15) is 9.59 Å². The number of hydrogen-bond donors (Lipinski definition) is 0. The molecule has 90 valence electrons. The van der Waals surface area contributed by atoms with Gasteiger partial charge in [0.2, 0.25) is 0 Å². The fraction of sp³-hybridized carbons (Fsp3) is 0.385. The highest BCUT2D eigenvalue weighted by molar-refractivity contribution is 5.74. The predicted molar refractivity (Wildman–Crippen MR) is 62.4 cm³/mol. The van der Waals surface area contributed by atoms with Crippen LogP contribution in [0.25, 0.3) is 0 Å². The summed E-state index contributed by atoms with van der Waals surface area (Å²) in [5, 5.41) is 0. The Morgan fingerprint density at radius 3 is 2.88 bits per heavy atom. The van der Waals surface area contributed by atoms with Gasteiger partial charge in [0, 0.05) is 6.54 Å². The number of nitrogens with zero attached hydrogens (tertiary/aromatic N) is 1. The van der Waals surface area contributed by atoms with Gasteiger partial charge in [0.25, 0.3) is 0 Å². The molecule has 1 heterocycles. The molecule has 0 spiro atoms. The molecule has 0 saturated carbocycles. The van der Waals surface area contributed by atoms with Crippen molar-refractivity contribution in [3.8, 4) is 0 Å². The fourth-order valence-electron chi connectivity index (χ4n) is 1.96. The predicted octanol–water partition coefficient (Wildman–Crippen LogP) is 1.99. The second-order valence-electron chi connectivity index (χ2n) is 4.08. The first kappa shape index (κ1) is 11.6. The number of aldehydes is 1. The Bertz CT molecular complexity index is 391. The molecule has 4 nitrogen and oxygen atoms in total. The van der Waals surface area contributed by atoms with E-state index < -0.39 is 6.09 Å². The standard InChI is InChI=1S/C13H15NO3/c15-9-12-7-4-8-14(12)13(16)17-10-11-5-2-1-3-6-11/h1-3,5-6,9,12H,4,7-8,10H2/t12-/m0/s1. The topological polar surface area (TPSA) is 46.6 Å². The number of amides is 1. The smallest absolute Gasteiger partial charge is 0.410 e. The molecule has 1 aliphatic rings. The van der Waals surface area contributed by atoms with Crippen LogP contribution in [0.3, 0.4) is 0 Å². The molecule has 0 bridgehead atoms. The summed E-state index contributed by atoms with van der Waals surface area (Å²) in [6.45, 7) is 0.860. The minimum atomic E-state index is -0.400. The number of carbonyl (C=O) groups excluding carboxylic acids is 2. The van der Waals surface area contributed by atoms with Gasteiger partial charge in [-0.1, -0.05) is 30.3 Å². The van der Waals surface area contributed by atoms with Crippen molar-refractivity contribution in [1.82, 2.24) is 4.90 Å². The maximum absolute atomic E-state index is 11.7. The fourth-order valence-corrected chi connectivity index (χ4v) is 1.96. The lowest BCUT2D eigenvalue weighted by Crippen LogP contribution is -2.36. The van der Waals surface area contributed by atoms with Crippen molar-refractivity contribution < 1.29 is 14.3 Å². The van der Waals surface area contributed by atoms with Crippen LogP contribution in [0.1, 0.15) is 18.4 Å². The molecule has 0 radical (unpaired) electrons. The van der Waals surface area contributed by atoms with Gasteiger partial charge in [-0.25, -0.2) is 4.79 Å². The Labute approximate surface area is 100 Å². The molecule has 1 aromatic carbocycles. The second kappa shape index (κ2) is 5.48. The normalized spacial score (nSPS) is 19.1. The molecule has 1 aliphatic heterocycles. The van der Waals surface area contributed by atoms with Crippen LogP contribution < -0.4 is 0 Å². The van der Waals surface area contributed by atoms with Crippen molar-refractivity contribution >= 4 is 12.4 Å². The zero-order chi connectivity index (χ0) is 12.1. The molecule has 0 N–H and O–H groups in total. The number of rotatable bonds is 3. The van der Waals surface area contributed by atoms with Crippen LogP contribution in [0.5, 0.6) is 0 Å². The molecular formula is C13H15NO3. The van der Waals surface area contributed by atoms with Gasteiger partial charge in [-0.2, -0.15) is 0 Å². The second-order valence-corrected chi connectivity index (χ2v) is 4.08. The third-order valence-electron chi connectivity index (χ3n) is 2.90. The third kappa shape index (κ3) is 2.84. The molecule has 0 unspecified atom stereocenters. The minimum Gasteiger partial charge on any atom is -0.445 e. The first-order valence-electron chi connectivity index (χ1n) is 5.74. The summed E-state index contributed by atoms with van der Waals surface area (Å²) in [7, 11) is 0. The zero-order valence-corrected chi connectivity index (χ0v) is 9.54. The summed E-state index contributed by atoms with van der Waals surface area (Å²) in [6, 6.07) is 9.19. The summed E-state index contributed by atoms with van der Waals surface area (Å²) >= 11 is 0. The quantitative estimate of drug-likeness (QED) is 0.750. The average Bonchev–Trinajstić information content (AvgIpc) is 2.85. The number of hydrogen-bond acceptors (Lipinski definition) is 3. The van der Waals surface area contributed by atoms with Gasteiger partial charge in [0.05, 0.1) is 6.04 Å². The molecule has 4 heteroatoms. The van der Waals surface area contributed by atoms with Gasteiger partial charge in [-0.15, -0.1) is 0 Å². The largest absolute Gasteiger partial charge is 0.445 e. The summed E-state index contributed by atoms with van der Waals surface area (Å²) in [6.07, 6.45) is 2.02. The lowest BCUT2D eigenvalue weighted by molar-refractivity contribution is -0.111. The maximum Gasteiger partial charge on any atom is 0.410 e. The van der Waals surface area contributed by atoms with Crippen LogP contribution in [0, 0.1) is 0 Å². The van der Waals surface area contributed by atoms with E-state index in [4.69, 9.17) is 4.74 Å². The van der Waals surface area contributed by atoms with E-state index in [1.54, 1.807) is 0 Å². The van der Waals surface area contributed by atoms with Gasteiger partial charge in [-0.3, -0.25) is 4.90 Å². The summed E-state index contributed by atoms with van der Waals surface area (Å²) in [4.78, 5) is 24.0. The lowest BCUT2D eigenvalue weighted by atomic mass is 10.2. The highest BCUT2D eigenvalue weighted by Crippen LogP contribution is 2.16. The van der Waals surface area contributed by atoms with Crippen LogP contribution in [-0.4, -0.2) is 29.9 Å². The minimum absolute atomic E-state index is 0.252. The van der Waals surface area contributed by atoms with Crippen molar-refractivity contribution in [2.24, 2.45) is 0 Å². The van der Waals surface area contributed by atoms with Crippen molar-refractivity contribution in [2.75, 3.05) is 6.54 Å². The highest BCUT2D eigenvalue weighted by atomic mass is 16.6. The first-order valence-corrected chi connectivity index (χ1v) is 5.74. The third-order valence-corrected chi connectivity index (χ3v) is 2.90. The number of carbonyl (C=O) groups is 2. The summed E-state index contributed by atoms with van der Waals surface area (Å²) < 4.78 is 5.17. The Morgan fingerprint density at radius 1 is 1.41 bits per heavy atom. The van der Waals surface area contributed by atoms with Gasteiger partial charge in [0.15, 0.2) is 0 Å². The van der Waals surface area contributed by atoms with Gasteiger partial charge < -0.3 is 9.53 Å². The van der Waals surface area contributed by atoms with Crippen LogP contribution in [0.4, 0.5) is 4.79 Å². The van der Waals surface area contributed by atoms with Gasteiger partial charge >= 0.3 is 6.09 Å². The molecule has 1 atom stereocenters. The molecular weight excluding hydrogens is 218 g/mol. The average molecular weight is 233 g/mol. The molecule has 2 rings (SSSR count). The zero-order valence-electron chi connectivity index (χ0n) is 9.54. The van der Waals surface area contributed by atoms with Crippen molar-refractivity contribution in [3.63, 3.8) is 0 Å². The molecule has 1 fully saturated rings. The maximum atomic E-state index is 11.7. The van der Waals surface area contributed by atoms with Crippen molar-refractivity contribution in [1.29, 1.82) is 0 Å². The van der Waals surface area contributed by atoms with Crippen LogP contribution in [0.2, 0.25) is 0 Å². The SMILES string of the molecule is O=C[C@@H]1CCCN1C(=O)OCc1ccccc1. The van der Waals surface area contributed by atoms with Crippen LogP contribution in [-0.2, 0) is 16.1 Å². The Hall–Kier alpha value is -1.84. The van der Waals surface area contributed by atoms with E-state index in [0.717, 1.165) is 24.7 Å². The van der Waals surface area contributed by atoms with Crippen molar-refractivity contribution in [3.05, 3.63) is 35.9 Å². The van der Waals surface area contributed by atoms with Crippen molar-refractivity contribution in [2.45, 2.75) is 25.5 Å². The molecule has 17 heavy (non-hydrogen) atoms. The number of benzene rings is 1. The lowest BCUT2D eigenvalue weighted by Gasteiger charge is -2.19. The Morgan fingerprint density at radius 2 is 2.18 bits per heavy atom. The summed E-state index contributed by atoms with van der Waals surface area (Å²) in [5.74, 6) is 0. The van der Waals surface area contributed by atoms with E-state index >= 15 is 0 Å².